The van der Waals surface area contributed by atoms with Crippen molar-refractivity contribution in [1.29, 1.82) is 0 Å². The van der Waals surface area contributed by atoms with Crippen molar-refractivity contribution in [2.75, 3.05) is 6.61 Å². The molecular formula is C32H29F7O2. The number of aryl methyl sites for hydroxylation is 3. The van der Waals surface area contributed by atoms with Gasteiger partial charge in [-0.05, 0) is 66.3 Å². The van der Waals surface area contributed by atoms with Gasteiger partial charge in [0.25, 0.3) is 0 Å². The fourth-order valence-electron chi connectivity index (χ4n) is 4.69. The van der Waals surface area contributed by atoms with Gasteiger partial charge in [0.2, 0.25) is 0 Å². The molecule has 0 aliphatic carbocycles. The Bertz CT molecular complexity index is 1460. The number of benzene rings is 4. The van der Waals surface area contributed by atoms with Gasteiger partial charge in [-0.3, -0.25) is 0 Å². The van der Waals surface area contributed by atoms with Crippen molar-refractivity contribution in [3.63, 3.8) is 0 Å². The Morgan fingerprint density at radius 3 is 2.02 bits per heavy atom. The first kappa shape index (κ1) is 30.2. The van der Waals surface area contributed by atoms with Crippen molar-refractivity contribution in [1.82, 2.24) is 0 Å². The van der Waals surface area contributed by atoms with Gasteiger partial charge >= 0.3 is 6.61 Å². The second kappa shape index (κ2) is 13.7. The molecule has 0 saturated carbocycles. The Kier molecular flexibility index (Phi) is 10.1. The van der Waals surface area contributed by atoms with E-state index >= 15 is 4.39 Å². The average Bonchev–Trinajstić information content (AvgIpc) is 2.92. The molecule has 0 N–H and O–H groups in total. The molecule has 218 valence electrons. The van der Waals surface area contributed by atoms with Crippen molar-refractivity contribution >= 4 is 10.8 Å². The maximum absolute atomic E-state index is 15.2. The topological polar surface area (TPSA) is 18.5 Å². The van der Waals surface area contributed by atoms with Crippen LogP contribution in [0.2, 0.25) is 0 Å². The van der Waals surface area contributed by atoms with E-state index in [1.54, 1.807) is 30.3 Å². The SMILES string of the molecule is CCCCCOc1cc(F)c(CCc2ccc3c(F)c(CCc4cc(F)c(OC(F)F)c(F)c4)ccc3c2)c(F)c1. The van der Waals surface area contributed by atoms with Crippen LogP contribution in [0.5, 0.6) is 11.5 Å². The fraction of sp³-hybridized carbons (Fsp3) is 0.312. The first-order chi connectivity index (χ1) is 19.7. The van der Waals surface area contributed by atoms with Crippen LogP contribution in [-0.2, 0) is 25.7 Å². The zero-order valence-corrected chi connectivity index (χ0v) is 22.4. The van der Waals surface area contributed by atoms with Gasteiger partial charge in [-0.15, -0.1) is 0 Å². The Balaban J connectivity index is 1.41. The molecule has 0 aliphatic heterocycles. The summed E-state index contributed by atoms with van der Waals surface area (Å²) in [5.41, 5.74) is 1.18. The summed E-state index contributed by atoms with van der Waals surface area (Å²) in [7, 11) is 0. The number of rotatable bonds is 13. The molecule has 2 nitrogen and oxygen atoms in total. The minimum absolute atomic E-state index is 0.0470. The van der Waals surface area contributed by atoms with Crippen molar-refractivity contribution in [3.8, 4) is 11.5 Å². The molecule has 0 saturated heterocycles. The van der Waals surface area contributed by atoms with Gasteiger partial charge in [0.15, 0.2) is 17.4 Å². The molecule has 4 aromatic carbocycles. The molecule has 0 radical (unpaired) electrons. The van der Waals surface area contributed by atoms with Gasteiger partial charge in [0.1, 0.15) is 23.2 Å². The van der Waals surface area contributed by atoms with Gasteiger partial charge in [0.05, 0.1) is 6.61 Å². The molecule has 0 unspecified atom stereocenters. The summed E-state index contributed by atoms with van der Waals surface area (Å²) < 4.78 is 106. The number of ether oxygens (including phenoxy) is 2. The molecule has 0 spiro atoms. The molecule has 0 aliphatic rings. The molecule has 0 atom stereocenters. The molecule has 0 heterocycles. The zero-order valence-electron chi connectivity index (χ0n) is 22.4. The molecule has 0 amide bonds. The maximum atomic E-state index is 15.2. The largest absolute Gasteiger partial charge is 0.493 e. The summed E-state index contributed by atoms with van der Waals surface area (Å²) in [4.78, 5) is 0. The minimum atomic E-state index is -3.37. The van der Waals surface area contributed by atoms with Crippen molar-refractivity contribution < 1.29 is 40.2 Å². The van der Waals surface area contributed by atoms with E-state index in [-0.39, 0.29) is 36.1 Å². The van der Waals surface area contributed by atoms with Crippen LogP contribution in [0.1, 0.15) is 48.4 Å². The first-order valence-electron chi connectivity index (χ1n) is 13.4. The lowest BCUT2D eigenvalue weighted by Crippen LogP contribution is -2.06. The fourth-order valence-corrected chi connectivity index (χ4v) is 4.69. The Morgan fingerprint density at radius 1 is 0.683 bits per heavy atom. The van der Waals surface area contributed by atoms with Crippen LogP contribution < -0.4 is 9.47 Å². The lowest BCUT2D eigenvalue weighted by Gasteiger charge is -2.12. The molecule has 0 bridgehead atoms. The Morgan fingerprint density at radius 2 is 1.37 bits per heavy atom. The van der Waals surface area contributed by atoms with E-state index in [4.69, 9.17) is 4.74 Å². The maximum Gasteiger partial charge on any atom is 0.387 e. The zero-order chi connectivity index (χ0) is 29.5. The summed E-state index contributed by atoms with van der Waals surface area (Å²) in [6.45, 7) is -0.925. The van der Waals surface area contributed by atoms with Gasteiger partial charge in [-0.2, -0.15) is 8.78 Å². The first-order valence-corrected chi connectivity index (χ1v) is 13.4. The van der Waals surface area contributed by atoms with E-state index in [1.807, 2.05) is 0 Å². The third-order valence-electron chi connectivity index (χ3n) is 6.84. The lowest BCUT2D eigenvalue weighted by atomic mass is 9.97. The molecular weight excluding hydrogens is 549 g/mol. The minimum Gasteiger partial charge on any atom is -0.493 e. The van der Waals surface area contributed by atoms with Gasteiger partial charge in [0, 0.05) is 23.1 Å². The highest BCUT2D eigenvalue weighted by molar-refractivity contribution is 5.84. The van der Waals surface area contributed by atoms with Crippen molar-refractivity contribution in [3.05, 3.63) is 106 Å². The molecule has 0 fully saturated rings. The molecule has 4 rings (SSSR count). The van der Waals surface area contributed by atoms with Crippen LogP contribution in [0, 0.1) is 29.1 Å². The molecule has 41 heavy (non-hydrogen) atoms. The normalized spacial score (nSPS) is 11.4. The summed E-state index contributed by atoms with van der Waals surface area (Å²) in [5, 5.41) is 0.914. The Hall–Kier alpha value is -3.75. The standard InChI is InChI=1S/C32H29F7O2/c1-2-3-4-13-40-23-17-26(33)25(27(34)18-23)12-7-19-6-11-24-22(14-19)10-9-21(30(24)37)8-5-20-15-28(35)31(29(36)16-20)41-32(38)39/h6,9-11,14-18,32H,2-5,7-8,12-13H2,1H3. The number of hydrogen-bond acceptors (Lipinski definition) is 2. The van der Waals surface area contributed by atoms with E-state index < -0.39 is 41.4 Å². The summed E-state index contributed by atoms with van der Waals surface area (Å²) >= 11 is 0. The monoisotopic (exact) mass is 578 g/mol. The second-order valence-electron chi connectivity index (χ2n) is 9.78. The van der Waals surface area contributed by atoms with Crippen LogP contribution in [0.25, 0.3) is 10.8 Å². The van der Waals surface area contributed by atoms with Gasteiger partial charge in [-0.25, -0.2) is 22.0 Å². The van der Waals surface area contributed by atoms with E-state index in [9.17, 15) is 26.3 Å². The highest BCUT2D eigenvalue weighted by Crippen LogP contribution is 2.28. The number of hydrogen-bond donors (Lipinski definition) is 0. The predicted molar refractivity (Wildman–Crippen MR) is 143 cm³/mol. The molecule has 9 heteroatoms. The predicted octanol–water partition coefficient (Wildman–Crippen LogP) is 9.28. The number of alkyl halides is 2. The second-order valence-corrected chi connectivity index (χ2v) is 9.78. The van der Waals surface area contributed by atoms with Crippen LogP contribution >= 0.6 is 0 Å². The van der Waals surface area contributed by atoms with E-state index in [0.29, 0.717) is 29.4 Å². The summed E-state index contributed by atoms with van der Waals surface area (Å²) in [6, 6.07) is 12.4. The van der Waals surface area contributed by atoms with Crippen LogP contribution in [0.3, 0.4) is 0 Å². The van der Waals surface area contributed by atoms with Crippen LogP contribution in [0.15, 0.2) is 54.6 Å². The van der Waals surface area contributed by atoms with Crippen LogP contribution in [-0.4, -0.2) is 13.2 Å². The number of unbranched alkanes of at least 4 members (excludes halogenated alkanes) is 2. The van der Waals surface area contributed by atoms with E-state index in [1.165, 1.54) is 12.1 Å². The van der Waals surface area contributed by atoms with Gasteiger partial charge < -0.3 is 9.47 Å². The number of fused-ring (bicyclic) bond motifs is 1. The highest BCUT2D eigenvalue weighted by Gasteiger charge is 2.18. The number of halogens is 7. The van der Waals surface area contributed by atoms with Gasteiger partial charge in [-0.1, -0.05) is 50.1 Å². The molecule has 0 aromatic heterocycles. The average molecular weight is 579 g/mol. The van der Waals surface area contributed by atoms with Crippen molar-refractivity contribution in [2.24, 2.45) is 0 Å². The molecule has 4 aromatic rings. The lowest BCUT2D eigenvalue weighted by molar-refractivity contribution is -0.0546. The third kappa shape index (κ3) is 7.71. The van der Waals surface area contributed by atoms with Crippen LogP contribution in [0.4, 0.5) is 30.7 Å². The van der Waals surface area contributed by atoms with E-state index in [0.717, 1.165) is 37.0 Å². The van der Waals surface area contributed by atoms with Crippen molar-refractivity contribution in [2.45, 2.75) is 58.5 Å². The quantitative estimate of drug-likeness (QED) is 0.116. The Labute approximate surface area is 233 Å². The third-order valence-corrected chi connectivity index (χ3v) is 6.84. The summed E-state index contributed by atoms with van der Waals surface area (Å²) in [5.74, 6) is -5.39. The smallest absolute Gasteiger partial charge is 0.387 e. The summed E-state index contributed by atoms with van der Waals surface area (Å²) in [6.07, 6.45) is 3.39. The van der Waals surface area contributed by atoms with E-state index in [2.05, 4.69) is 11.7 Å². The highest BCUT2D eigenvalue weighted by atomic mass is 19.3.